The van der Waals surface area contributed by atoms with E-state index in [4.69, 9.17) is 14.8 Å². The summed E-state index contributed by atoms with van der Waals surface area (Å²) in [5.74, 6) is 1.23. The quantitative estimate of drug-likeness (QED) is 0.217. The first-order valence-electron chi connectivity index (χ1n) is 13.3. The molecule has 0 fully saturated rings. The van der Waals surface area contributed by atoms with Crippen LogP contribution in [-0.4, -0.2) is 10.7 Å². The smallest absolute Gasteiger partial charge is 0.188 e. The summed E-state index contributed by atoms with van der Waals surface area (Å²) in [6.45, 7) is 0. The van der Waals surface area contributed by atoms with Crippen molar-refractivity contribution in [1.82, 2.24) is 4.98 Å². The molecule has 4 nitrogen and oxygen atoms in total. The monoisotopic (exact) mass is 566 g/mol. The van der Waals surface area contributed by atoms with Crippen molar-refractivity contribution in [3.8, 4) is 43.6 Å². The lowest BCUT2D eigenvalue weighted by molar-refractivity contribution is -0.0994. The molecule has 6 heteroatoms. The van der Waals surface area contributed by atoms with E-state index in [1.165, 1.54) is 9.75 Å². The molecule has 196 valence electrons. The Labute approximate surface area is 245 Å². The topological polar surface area (TPSA) is 46.6 Å². The van der Waals surface area contributed by atoms with Gasteiger partial charge in [-0.05, 0) is 100 Å². The van der Waals surface area contributed by atoms with E-state index in [9.17, 15) is 0 Å². The highest BCUT2D eigenvalue weighted by atomic mass is 32.1. The number of thiophene rings is 2. The van der Waals surface area contributed by atoms with Gasteiger partial charge >= 0.3 is 0 Å². The van der Waals surface area contributed by atoms with Crippen molar-refractivity contribution in [2.45, 2.75) is 0 Å². The second kappa shape index (κ2) is 9.93. The van der Waals surface area contributed by atoms with Gasteiger partial charge in [0.25, 0.3) is 0 Å². The van der Waals surface area contributed by atoms with Crippen LogP contribution in [0.2, 0.25) is 0 Å². The Bertz CT molecular complexity index is 1980. The molecule has 0 saturated heterocycles. The number of hydrogen-bond acceptors (Lipinski definition) is 5. The van der Waals surface area contributed by atoms with Crippen LogP contribution in [0, 0.1) is 0 Å². The fraction of sp³-hybridized carbons (Fsp3) is 0. The average Bonchev–Trinajstić information content (AvgIpc) is 3.85. The molecule has 2 aliphatic rings. The van der Waals surface area contributed by atoms with Crippen molar-refractivity contribution in [3.05, 3.63) is 149 Å². The highest BCUT2D eigenvalue weighted by Gasteiger charge is 2.22. The van der Waals surface area contributed by atoms with Crippen molar-refractivity contribution in [3.63, 3.8) is 0 Å². The molecule has 1 N–H and O–H groups in total. The van der Waals surface area contributed by atoms with Crippen LogP contribution in [0.4, 0.5) is 0 Å². The number of nitrogens with one attached hydrogen (secondary N) is 1. The van der Waals surface area contributed by atoms with Crippen LogP contribution in [0.5, 0.6) is 11.5 Å². The Hall–Kier alpha value is -4.91. The van der Waals surface area contributed by atoms with Gasteiger partial charge in [0.05, 0.1) is 11.4 Å². The molecular formula is C35H22N2O2S2. The molecule has 5 heterocycles. The highest BCUT2D eigenvalue weighted by molar-refractivity contribution is 7.13. The molecule has 41 heavy (non-hydrogen) atoms. The molecule has 3 aromatic heterocycles. The predicted molar refractivity (Wildman–Crippen MR) is 169 cm³/mol. The molecule has 2 aliphatic heterocycles. The molecule has 6 aromatic rings. The number of aromatic nitrogens is 1. The lowest BCUT2D eigenvalue weighted by Gasteiger charge is -2.14. The van der Waals surface area contributed by atoms with Gasteiger partial charge in [-0.1, -0.05) is 42.5 Å². The van der Waals surface area contributed by atoms with Gasteiger partial charge in [-0.25, -0.2) is 4.99 Å². The molecular weight excluding hydrogens is 545 g/mol. The van der Waals surface area contributed by atoms with E-state index in [-0.39, 0.29) is 0 Å². The minimum absolute atomic E-state index is 0.607. The summed E-state index contributed by atoms with van der Waals surface area (Å²) in [4.78, 5) is 23.4. The highest BCUT2D eigenvalue weighted by Crippen LogP contribution is 2.40. The molecule has 0 saturated carbocycles. The molecule has 0 aliphatic carbocycles. The molecule has 4 bridgehead atoms. The number of H-pyrrole nitrogens is 1. The van der Waals surface area contributed by atoms with Crippen LogP contribution < -0.4 is 9.78 Å². The van der Waals surface area contributed by atoms with Crippen LogP contribution in [0.25, 0.3) is 37.7 Å². The number of fused-ring (bicyclic) bond motifs is 7. The maximum atomic E-state index is 6.11. The van der Waals surface area contributed by atoms with E-state index in [1.54, 1.807) is 22.7 Å². The summed E-state index contributed by atoms with van der Waals surface area (Å²) in [5.41, 5.74) is 9.78. The molecule has 0 spiro atoms. The third-order valence-electron chi connectivity index (χ3n) is 7.27. The van der Waals surface area contributed by atoms with Gasteiger partial charge in [0.2, 0.25) is 0 Å². The largest absolute Gasteiger partial charge is 0.354 e. The Morgan fingerprint density at radius 2 is 1.22 bits per heavy atom. The van der Waals surface area contributed by atoms with E-state index in [1.807, 2.05) is 18.2 Å². The van der Waals surface area contributed by atoms with E-state index in [0.29, 0.717) is 11.5 Å². The van der Waals surface area contributed by atoms with Crippen LogP contribution in [-0.2, 0) is 0 Å². The van der Waals surface area contributed by atoms with Crippen molar-refractivity contribution < 1.29 is 9.78 Å². The number of rotatable bonds is 3. The van der Waals surface area contributed by atoms with Crippen LogP contribution in [0.1, 0.15) is 16.8 Å². The maximum absolute atomic E-state index is 6.11. The SMILES string of the molecule is C1=C/C2=C(\c3ccccc3)c3ccc([nH]3)-c3cc(-c4cccs4)ccc3OOc3ccc(-c4cccs4)cc3C1=N2. The van der Waals surface area contributed by atoms with E-state index >= 15 is 0 Å². The van der Waals surface area contributed by atoms with Crippen molar-refractivity contribution in [1.29, 1.82) is 0 Å². The fourth-order valence-corrected chi connectivity index (χ4v) is 6.74. The summed E-state index contributed by atoms with van der Waals surface area (Å²) in [6, 6.07) is 35.4. The number of aliphatic imine (C=N–C) groups is 1. The van der Waals surface area contributed by atoms with Gasteiger partial charge in [0, 0.05) is 37.8 Å². The minimum Gasteiger partial charge on any atom is -0.354 e. The summed E-state index contributed by atoms with van der Waals surface area (Å²) < 4.78 is 0. The van der Waals surface area contributed by atoms with Crippen LogP contribution in [0.3, 0.4) is 0 Å². The van der Waals surface area contributed by atoms with Gasteiger partial charge in [-0.15, -0.1) is 22.7 Å². The lowest BCUT2D eigenvalue weighted by Crippen LogP contribution is -2.07. The van der Waals surface area contributed by atoms with Gasteiger partial charge < -0.3 is 4.98 Å². The summed E-state index contributed by atoms with van der Waals surface area (Å²) in [5, 5.41) is 4.18. The zero-order valence-electron chi connectivity index (χ0n) is 21.7. The Balaban J connectivity index is 1.36. The summed E-state index contributed by atoms with van der Waals surface area (Å²) >= 11 is 3.42. The van der Waals surface area contributed by atoms with E-state index in [2.05, 4.69) is 113 Å². The van der Waals surface area contributed by atoms with Crippen LogP contribution >= 0.6 is 22.7 Å². The first-order valence-corrected chi connectivity index (χ1v) is 15.0. The predicted octanol–water partition coefficient (Wildman–Crippen LogP) is 9.64. The zero-order valence-corrected chi connectivity index (χ0v) is 23.3. The number of hydrogen-bond donors (Lipinski definition) is 1. The second-order valence-electron chi connectivity index (χ2n) is 9.79. The molecule has 3 aromatic carbocycles. The number of nitrogens with zero attached hydrogens (tertiary/aromatic N) is 1. The van der Waals surface area contributed by atoms with Crippen molar-refractivity contribution >= 4 is 34.0 Å². The third-order valence-corrected chi connectivity index (χ3v) is 9.11. The average molecular weight is 567 g/mol. The van der Waals surface area contributed by atoms with Crippen molar-refractivity contribution in [2.24, 2.45) is 4.99 Å². The van der Waals surface area contributed by atoms with Gasteiger partial charge in [-0.2, -0.15) is 0 Å². The number of aromatic amines is 1. The fourth-order valence-electron chi connectivity index (χ4n) is 5.29. The zero-order chi connectivity index (χ0) is 27.2. The van der Waals surface area contributed by atoms with E-state index in [0.717, 1.165) is 56.2 Å². The normalized spacial score (nSPS) is 15.5. The first kappa shape index (κ1) is 23.9. The Kier molecular flexibility index (Phi) is 5.80. The number of benzene rings is 3. The maximum Gasteiger partial charge on any atom is 0.188 e. The first-order chi connectivity index (χ1) is 20.3. The van der Waals surface area contributed by atoms with Gasteiger partial charge in [0.15, 0.2) is 11.5 Å². The minimum atomic E-state index is 0.607. The lowest BCUT2D eigenvalue weighted by atomic mass is 10.0. The summed E-state index contributed by atoms with van der Waals surface area (Å²) in [6.07, 6.45) is 4.13. The standard InChI is InChI=1S/C35H22N2O2S2/c1-2-6-22(7-3-1)35-29-14-12-27(36-29)25-20-23(33-8-4-18-40-33)10-16-31(25)38-39-32-17-11-24(34-9-5-19-41-34)21-26(32)28-13-15-30(35)37-28/h1-21,36H/b35-30-. The number of allylic oxidation sites excluding steroid dienone is 2. The van der Waals surface area contributed by atoms with Gasteiger partial charge in [0.1, 0.15) is 0 Å². The second-order valence-corrected chi connectivity index (χ2v) is 11.7. The Morgan fingerprint density at radius 3 is 1.90 bits per heavy atom. The van der Waals surface area contributed by atoms with E-state index < -0.39 is 0 Å². The Morgan fingerprint density at radius 1 is 0.561 bits per heavy atom. The molecule has 0 atom stereocenters. The van der Waals surface area contributed by atoms with Gasteiger partial charge in [-0.3, -0.25) is 9.78 Å². The van der Waals surface area contributed by atoms with Crippen molar-refractivity contribution in [2.75, 3.05) is 0 Å². The third kappa shape index (κ3) is 4.34. The molecule has 0 radical (unpaired) electrons. The van der Waals surface area contributed by atoms with Crippen LogP contribution in [0.15, 0.2) is 137 Å². The molecule has 0 unspecified atom stereocenters. The summed E-state index contributed by atoms with van der Waals surface area (Å²) in [7, 11) is 0. The molecule has 8 rings (SSSR count). The molecule has 0 amide bonds.